The summed E-state index contributed by atoms with van der Waals surface area (Å²) in [6.45, 7) is 5.05. The quantitative estimate of drug-likeness (QED) is 0.719. The third kappa shape index (κ3) is 3.85. The molecule has 0 aromatic rings. The molecule has 2 rings (SSSR count). The molecule has 1 saturated carbocycles. The van der Waals surface area contributed by atoms with Crippen molar-refractivity contribution in [2.45, 2.75) is 64.1 Å². The SMILES string of the molecule is CC(C)C(CCO)NC(=O)NC1CCCC2OCCC12. The minimum atomic E-state index is -0.102. The van der Waals surface area contributed by atoms with Gasteiger partial charge in [-0.3, -0.25) is 0 Å². The standard InChI is InChI=1S/C15H28N2O3/c1-10(2)12(6-8-18)16-15(19)17-13-4-3-5-14-11(13)7-9-20-14/h10-14,18H,3-9H2,1-2H3,(H2,16,17,19). The monoisotopic (exact) mass is 284 g/mol. The Morgan fingerprint density at radius 2 is 2.15 bits per heavy atom. The Morgan fingerprint density at radius 1 is 1.35 bits per heavy atom. The minimum Gasteiger partial charge on any atom is -0.396 e. The van der Waals surface area contributed by atoms with Crippen LogP contribution in [0, 0.1) is 11.8 Å². The molecule has 0 aromatic heterocycles. The zero-order valence-electron chi connectivity index (χ0n) is 12.6. The second kappa shape index (κ2) is 7.27. The first-order valence-corrected chi connectivity index (χ1v) is 7.91. The summed E-state index contributed by atoms with van der Waals surface area (Å²) in [5, 5.41) is 15.2. The summed E-state index contributed by atoms with van der Waals surface area (Å²) in [6.07, 6.45) is 5.29. The Labute approximate surface area is 121 Å². The van der Waals surface area contributed by atoms with Gasteiger partial charge in [-0.15, -0.1) is 0 Å². The maximum Gasteiger partial charge on any atom is 0.315 e. The van der Waals surface area contributed by atoms with E-state index in [-0.39, 0.29) is 24.7 Å². The van der Waals surface area contributed by atoms with Crippen LogP contribution in [0.25, 0.3) is 0 Å². The molecule has 0 radical (unpaired) electrons. The molecule has 2 aliphatic rings. The van der Waals surface area contributed by atoms with Crippen LogP contribution in [-0.2, 0) is 4.74 Å². The minimum absolute atomic E-state index is 0.0271. The highest BCUT2D eigenvalue weighted by atomic mass is 16.5. The van der Waals surface area contributed by atoms with E-state index in [2.05, 4.69) is 24.5 Å². The zero-order chi connectivity index (χ0) is 14.5. The van der Waals surface area contributed by atoms with E-state index in [0.29, 0.717) is 24.4 Å². The molecule has 1 aliphatic carbocycles. The van der Waals surface area contributed by atoms with Gasteiger partial charge in [0.05, 0.1) is 6.10 Å². The van der Waals surface area contributed by atoms with E-state index in [0.717, 1.165) is 32.3 Å². The molecule has 4 unspecified atom stereocenters. The predicted octanol–water partition coefficient (Wildman–Crippen LogP) is 1.65. The van der Waals surface area contributed by atoms with Crippen molar-refractivity contribution in [1.82, 2.24) is 10.6 Å². The van der Waals surface area contributed by atoms with Crippen LogP contribution in [-0.4, -0.2) is 42.5 Å². The maximum atomic E-state index is 12.1. The third-order valence-corrected chi connectivity index (χ3v) is 4.66. The number of nitrogens with one attached hydrogen (secondary N) is 2. The number of ether oxygens (including phenoxy) is 1. The van der Waals surface area contributed by atoms with Crippen molar-refractivity contribution in [3.8, 4) is 0 Å². The molecule has 5 nitrogen and oxygen atoms in total. The first-order valence-electron chi connectivity index (χ1n) is 7.91. The molecule has 4 atom stereocenters. The van der Waals surface area contributed by atoms with Crippen molar-refractivity contribution in [2.75, 3.05) is 13.2 Å². The van der Waals surface area contributed by atoms with E-state index >= 15 is 0 Å². The molecular formula is C15H28N2O3. The van der Waals surface area contributed by atoms with Gasteiger partial charge in [0.15, 0.2) is 0 Å². The van der Waals surface area contributed by atoms with Crippen molar-refractivity contribution in [3.05, 3.63) is 0 Å². The van der Waals surface area contributed by atoms with E-state index in [1.807, 2.05) is 0 Å². The van der Waals surface area contributed by atoms with Gasteiger partial charge in [0, 0.05) is 31.2 Å². The van der Waals surface area contributed by atoms with Crippen LogP contribution in [0.1, 0.15) is 46.0 Å². The summed E-state index contributed by atoms with van der Waals surface area (Å²) >= 11 is 0. The van der Waals surface area contributed by atoms with Gasteiger partial charge in [-0.05, 0) is 38.0 Å². The number of aliphatic hydroxyl groups is 1. The molecule has 0 aromatic carbocycles. The fourth-order valence-corrected chi connectivity index (χ4v) is 3.44. The number of hydrogen-bond acceptors (Lipinski definition) is 3. The zero-order valence-corrected chi connectivity index (χ0v) is 12.6. The van der Waals surface area contributed by atoms with Gasteiger partial charge in [-0.2, -0.15) is 0 Å². The first kappa shape index (κ1) is 15.6. The van der Waals surface area contributed by atoms with Gasteiger partial charge in [0.2, 0.25) is 0 Å². The number of fused-ring (bicyclic) bond motifs is 1. The second-order valence-corrected chi connectivity index (χ2v) is 6.38. The molecule has 3 N–H and O–H groups in total. The Bertz CT molecular complexity index is 322. The summed E-state index contributed by atoms with van der Waals surface area (Å²) in [5.41, 5.74) is 0. The fraction of sp³-hybridized carbons (Fsp3) is 0.933. The van der Waals surface area contributed by atoms with Crippen molar-refractivity contribution in [1.29, 1.82) is 0 Å². The van der Waals surface area contributed by atoms with E-state index in [4.69, 9.17) is 9.84 Å². The molecule has 116 valence electrons. The average Bonchev–Trinajstić information content (AvgIpc) is 2.87. The van der Waals surface area contributed by atoms with Crippen LogP contribution in [0.3, 0.4) is 0 Å². The Kier molecular flexibility index (Phi) is 5.66. The largest absolute Gasteiger partial charge is 0.396 e. The molecule has 5 heteroatoms. The van der Waals surface area contributed by atoms with Crippen molar-refractivity contribution in [3.63, 3.8) is 0 Å². The van der Waals surface area contributed by atoms with E-state index in [9.17, 15) is 4.79 Å². The van der Waals surface area contributed by atoms with E-state index < -0.39 is 0 Å². The second-order valence-electron chi connectivity index (χ2n) is 6.38. The molecule has 20 heavy (non-hydrogen) atoms. The Morgan fingerprint density at radius 3 is 2.85 bits per heavy atom. The van der Waals surface area contributed by atoms with Gasteiger partial charge >= 0.3 is 6.03 Å². The lowest BCUT2D eigenvalue weighted by molar-refractivity contribution is 0.0548. The van der Waals surface area contributed by atoms with Crippen LogP contribution < -0.4 is 10.6 Å². The third-order valence-electron chi connectivity index (χ3n) is 4.66. The number of rotatable bonds is 5. The van der Waals surface area contributed by atoms with Gasteiger partial charge in [-0.25, -0.2) is 4.79 Å². The number of hydrogen-bond donors (Lipinski definition) is 3. The highest BCUT2D eigenvalue weighted by Crippen LogP contribution is 2.34. The summed E-state index contributed by atoms with van der Waals surface area (Å²) < 4.78 is 5.72. The fourth-order valence-electron chi connectivity index (χ4n) is 3.44. The van der Waals surface area contributed by atoms with E-state index in [1.54, 1.807) is 0 Å². The number of aliphatic hydroxyl groups excluding tert-OH is 1. The maximum absolute atomic E-state index is 12.1. The highest BCUT2D eigenvalue weighted by molar-refractivity contribution is 5.74. The molecule has 2 amide bonds. The van der Waals surface area contributed by atoms with Crippen LogP contribution in [0.2, 0.25) is 0 Å². The molecule has 1 heterocycles. The Hall–Kier alpha value is -0.810. The average molecular weight is 284 g/mol. The predicted molar refractivity (Wildman–Crippen MR) is 77.5 cm³/mol. The van der Waals surface area contributed by atoms with Crippen LogP contribution >= 0.6 is 0 Å². The van der Waals surface area contributed by atoms with Gasteiger partial charge in [0.25, 0.3) is 0 Å². The van der Waals surface area contributed by atoms with Crippen LogP contribution in [0.5, 0.6) is 0 Å². The molecule has 0 bridgehead atoms. The molecule has 1 saturated heterocycles. The lowest BCUT2D eigenvalue weighted by Crippen LogP contribution is -2.52. The smallest absolute Gasteiger partial charge is 0.315 e. The van der Waals surface area contributed by atoms with Crippen molar-refractivity contribution >= 4 is 6.03 Å². The van der Waals surface area contributed by atoms with Gasteiger partial charge < -0.3 is 20.5 Å². The molecular weight excluding hydrogens is 256 g/mol. The van der Waals surface area contributed by atoms with Gasteiger partial charge in [0.1, 0.15) is 0 Å². The number of urea groups is 1. The summed E-state index contributed by atoms with van der Waals surface area (Å²) in [4.78, 5) is 12.1. The van der Waals surface area contributed by atoms with Crippen molar-refractivity contribution in [2.24, 2.45) is 11.8 Å². The number of carbonyl (C=O) groups excluding carboxylic acids is 1. The highest BCUT2D eigenvalue weighted by Gasteiger charge is 2.38. The molecule has 2 fully saturated rings. The topological polar surface area (TPSA) is 70.6 Å². The first-order chi connectivity index (χ1) is 9.61. The lowest BCUT2D eigenvalue weighted by atomic mass is 9.82. The molecule has 0 spiro atoms. The Balaban J connectivity index is 1.83. The van der Waals surface area contributed by atoms with Crippen LogP contribution in [0.4, 0.5) is 4.79 Å². The van der Waals surface area contributed by atoms with Crippen LogP contribution in [0.15, 0.2) is 0 Å². The summed E-state index contributed by atoms with van der Waals surface area (Å²) in [5.74, 6) is 0.798. The number of carbonyl (C=O) groups is 1. The normalized spacial score (nSPS) is 30.9. The lowest BCUT2D eigenvalue weighted by Gasteiger charge is -2.34. The number of amides is 2. The summed E-state index contributed by atoms with van der Waals surface area (Å²) in [6, 6.07) is 0.159. The van der Waals surface area contributed by atoms with Gasteiger partial charge in [-0.1, -0.05) is 13.8 Å². The van der Waals surface area contributed by atoms with Crippen molar-refractivity contribution < 1.29 is 14.6 Å². The van der Waals surface area contributed by atoms with E-state index in [1.165, 1.54) is 0 Å². The summed E-state index contributed by atoms with van der Waals surface area (Å²) in [7, 11) is 0. The molecule has 1 aliphatic heterocycles.